The zero-order valence-corrected chi connectivity index (χ0v) is 12.8. The maximum Gasteiger partial charge on any atom is 0.328 e. The van der Waals surface area contributed by atoms with Gasteiger partial charge < -0.3 is 4.74 Å². The van der Waals surface area contributed by atoms with E-state index in [0.717, 1.165) is 6.42 Å². The van der Waals surface area contributed by atoms with Crippen molar-refractivity contribution in [1.29, 1.82) is 0 Å². The smallest absolute Gasteiger partial charge is 0.328 e. The summed E-state index contributed by atoms with van der Waals surface area (Å²) < 4.78 is 5.05. The number of carbonyl (C=O) groups is 4. The van der Waals surface area contributed by atoms with Crippen LogP contribution in [0.1, 0.15) is 47.0 Å². The lowest BCUT2D eigenvalue weighted by Gasteiger charge is -2.39. The lowest BCUT2D eigenvalue weighted by atomic mass is 9.68. The van der Waals surface area contributed by atoms with Crippen LogP contribution >= 0.6 is 0 Å². The normalized spacial score (nSPS) is 20.3. The third kappa shape index (κ3) is 3.59. The largest absolute Gasteiger partial charge is 0.463 e. The van der Waals surface area contributed by atoms with Crippen molar-refractivity contribution in [2.45, 2.75) is 53.1 Å². The first-order valence-corrected chi connectivity index (χ1v) is 7.08. The molecule has 1 rings (SSSR count). The van der Waals surface area contributed by atoms with Gasteiger partial charge in [0.2, 0.25) is 11.8 Å². The Bertz CT molecular complexity index is 440. The van der Waals surface area contributed by atoms with Gasteiger partial charge in [-0.05, 0) is 19.3 Å². The Labute approximate surface area is 123 Å². The molecule has 1 aliphatic heterocycles. The van der Waals surface area contributed by atoms with Crippen LogP contribution in [0.2, 0.25) is 0 Å². The van der Waals surface area contributed by atoms with Crippen LogP contribution in [0.3, 0.4) is 0 Å². The number of amides is 4. The molecule has 1 aliphatic rings. The van der Waals surface area contributed by atoms with Crippen LogP contribution in [0.25, 0.3) is 0 Å². The summed E-state index contributed by atoms with van der Waals surface area (Å²) >= 11 is 0. The Morgan fingerprint density at radius 2 is 1.71 bits per heavy atom. The SMILES string of the molecule is CCC[C@H](C)C1(C[C@H](C)OC(C)=O)C(=O)NC(=O)NC1=O. The molecule has 7 heteroatoms. The fraction of sp³-hybridized carbons (Fsp3) is 0.714. The number of nitrogens with one attached hydrogen (secondary N) is 2. The average molecular weight is 298 g/mol. The zero-order chi connectivity index (χ0) is 16.2. The molecule has 0 spiro atoms. The lowest BCUT2D eigenvalue weighted by Crippen LogP contribution is -2.65. The van der Waals surface area contributed by atoms with E-state index >= 15 is 0 Å². The molecule has 0 aliphatic carbocycles. The predicted molar refractivity (Wildman–Crippen MR) is 74.0 cm³/mol. The summed E-state index contributed by atoms with van der Waals surface area (Å²) in [6, 6.07) is -0.815. The zero-order valence-electron chi connectivity index (χ0n) is 12.8. The minimum atomic E-state index is -1.40. The van der Waals surface area contributed by atoms with E-state index in [2.05, 4.69) is 10.6 Å². The van der Waals surface area contributed by atoms with Crippen molar-refractivity contribution in [2.75, 3.05) is 0 Å². The molecular weight excluding hydrogens is 276 g/mol. The molecule has 0 aromatic rings. The van der Waals surface area contributed by atoms with Crippen LogP contribution in [0.4, 0.5) is 4.79 Å². The van der Waals surface area contributed by atoms with Gasteiger partial charge in [-0.1, -0.05) is 20.3 Å². The number of rotatable bonds is 6. The van der Waals surface area contributed by atoms with E-state index < -0.39 is 35.3 Å². The van der Waals surface area contributed by atoms with Crippen molar-refractivity contribution in [3.8, 4) is 0 Å². The highest BCUT2D eigenvalue weighted by Crippen LogP contribution is 2.38. The molecule has 0 bridgehead atoms. The first-order valence-electron chi connectivity index (χ1n) is 7.08. The number of ether oxygens (including phenoxy) is 1. The van der Waals surface area contributed by atoms with E-state index in [-0.39, 0.29) is 12.3 Å². The summed E-state index contributed by atoms with van der Waals surface area (Å²) in [4.78, 5) is 47.0. The van der Waals surface area contributed by atoms with E-state index in [9.17, 15) is 19.2 Å². The molecule has 1 heterocycles. The quantitative estimate of drug-likeness (QED) is 0.565. The number of urea groups is 1. The Hall–Kier alpha value is -1.92. The Morgan fingerprint density at radius 1 is 1.19 bits per heavy atom. The molecule has 0 aromatic carbocycles. The van der Waals surface area contributed by atoms with Gasteiger partial charge >= 0.3 is 12.0 Å². The Morgan fingerprint density at radius 3 is 2.14 bits per heavy atom. The minimum Gasteiger partial charge on any atom is -0.463 e. The van der Waals surface area contributed by atoms with Gasteiger partial charge in [0.05, 0.1) is 0 Å². The average Bonchev–Trinajstić information content (AvgIpc) is 2.33. The number of barbiturate groups is 1. The number of hydrogen-bond acceptors (Lipinski definition) is 5. The van der Waals surface area contributed by atoms with Gasteiger partial charge in [0.25, 0.3) is 0 Å². The highest BCUT2D eigenvalue weighted by molar-refractivity contribution is 6.19. The second kappa shape index (κ2) is 6.69. The fourth-order valence-corrected chi connectivity index (χ4v) is 2.86. The minimum absolute atomic E-state index is 0.0404. The monoisotopic (exact) mass is 298 g/mol. The van der Waals surface area contributed by atoms with Crippen molar-refractivity contribution in [3.63, 3.8) is 0 Å². The summed E-state index contributed by atoms with van der Waals surface area (Å²) in [6.07, 6.45) is 0.867. The van der Waals surface area contributed by atoms with Crippen molar-refractivity contribution < 1.29 is 23.9 Å². The molecule has 118 valence electrons. The third-order valence-electron chi connectivity index (χ3n) is 3.80. The summed E-state index contributed by atoms with van der Waals surface area (Å²) in [5, 5.41) is 4.30. The highest BCUT2D eigenvalue weighted by Gasteiger charge is 2.54. The first kappa shape index (κ1) is 17.1. The van der Waals surface area contributed by atoms with Crippen LogP contribution in [-0.4, -0.2) is 29.9 Å². The molecule has 1 fully saturated rings. The van der Waals surface area contributed by atoms with Gasteiger partial charge in [-0.2, -0.15) is 0 Å². The summed E-state index contributed by atoms with van der Waals surface area (Å²) in [5.41, 5.74) is -1.40. The highest BCUT2D eigenvalue weighted by atomic mass is 16.5. The summed E-state index contributed by atoms with van der Waals surface area (Å²) in [5.74, 6) is -2.02. The van der Waals surface area contributed by atoms with Gasteiger partial charge in [0.1, 0.15) is 11.5 Å². The molecule has 1 saturated heterocycles. The van der Waals surface area contributed by atoms with Crippen molar-refractivity contribution >= 4 is 23.8 Å². The predicted octanol–water partition coefficient (Wildman–Crippen LogP) is 1.12. The van der Waals surface area contributed by atoms with Crippen LogP contribution in [0.15, 0.2) is 0 Å². The van der Waals surface area contributed by atoms with Gasteiger partial charge in [0.15, 0.2) is 0 Å². The Balaban J connectivity index is 3.10. The van der Waals surface area contributed by atoms with E-state index in [1.54, 1.807) is 13.8 Å². The van der Waals surface area contributed by atoms with E-state index in [1.807, 2.05) is 6.92 Å². The van der Waals surface area contributed by atoms with Crippen molar-refractivity contribution in [1.82, 2.24) is 10.6 Å². The third-order valence-corrected chi connectivity index (χ3v) is 3.80. The first-order chi connectivity index (χ1) is 9.73. The summed E-state index contributed by atoms with van der Waals surface area (Å²) in [7, 11) is 0. The molecule has 2 N–H and O–H groups in total. The van der Waals surface area contributed by atoms with E-state index in [1.165, 1.54) is 6.92 Å². The molecular formula is C14H22N2O5. The number of esters is 1. The standard InChI is InChI=1S/C14H22N2O5/c1-5-6-8(2)14(7-9(3)21-10(4)17)11(18)15-13(20)16-12(14)19/h8-9H,5-7H2,1-4H3,(H2,15,16,18,19,20)/t8-,9-/m0/s1. The van der Waals surface area contributed by atoms with Crippen LogP contribution in [0, 0.1) is 11.3 Å². The molecule has 0 radical (unpaired) electrons. The van der Waals surface area contributed by atoms with E-state index in [0.29, 0.717) is 6.42 Å². The molecule has 7 nitrogen and oxygen atoms in total. The maximum absolute atomic E-state index is 12.3. The van der Waals surface area contributed by atoms with Crippen LogP contribution in [-0.2, 0) is 19.1 Å². The van der Waals surface area contributed by atoms with Gasteiger partial charge in [-0.25, -0.2) is 4.79 Å². The molecule has 21 heavy (non-hydrogen) atoms. The fourth-order valence-electron chi connectivity index (χ4n) is 2.86. The molecule has 0 aromatic heterocycles. The van der Waals surface area contributed by atoms with Crippen LogP contribution < -0.4 is 10.6 Å². The van der Waals surface area contributed by atoms with Crippen molar-refractivity contribution in [2.24, 2.45) is 11.3 Å². The Kier molecular flexibility index (Phi) is 5.46. The topological polar surface area (TPSA) is 102 Å². The molecule has 0 unspecified atom stereocenters. The maximum atomic E-state index is 12.3. The van der Waals surface area contributed by atoms with Gasteiger partial charge in [-0.15, -0.1) is 0 Å². The van der Waals surface area contributed by atoms with Crippen LogP contribution in [0.5, 0.6) is 0 Å². The lowest BCUT2D eigenvalue weighted by molar-refractivity contribution is -0.158. The van der Waals surface area contributed by atoms with E-state index in [4.69, 9.17) is 4.74 Å². The van der Waals surface area contributed by atoms with Gasteiger partial charge in [-0.3, -0.25) is 25.0 Å². The second-order valence-electron chi connectivity index (χ2n) is 5.52. The van der Waals surface area contributed by atoms with Gasteiger partial charge in [0, 0.05) is 13.3 Å². The molecule has 0 saturated carbocycles. The van der Waals surface area contributed by atoms with Crippen molar-refractivity contribution in [3.05, 3.63) is 0 Å². The number of hydrogen-bond donors (Lipinski definition) is 2. The molecule has 4 amide bonds. The molecule has 2 atom stereocenters. The number of imide groups is 2. The number of carbonyl (C=O) groups excluding carboxylic acids is 4. The second-order valence-corrected chi connectivity index (χ2v) is 5.52. The summed E-state index contributed by atoms with van der Waals surface area (Å²) in [6.45, 7) is 6.63.